The molecule has 0 saturated heterocycles. The Bertz CT molecular complexity index is 927. The number of hydrogen-bond donors (Lipinski definition) is 2. The summed E-state index contributed by atoms with van der Waals surface area (Å²) >= 11 is 0. The molecule has 0 unspecified atom stereocenters. The lowest BCUT2D eigenvalue weighted by Gasteiger charge is -2.11. The van der Waals surface area contributed by atoms with Crippen molar-refractivity contribution in [3.05, 3.63) is 59.9 Å². The van der Waals surface area contributed by atoms with Crippen molar-refractivity contribution in [1.82, 2.24) is 15.3 Å². The number of aryl methyl sites for hydroxylation is 1. The van der Waals surface area contributed by atoms with Crippen LogP contribution in [-0.4, -0.2) is 35.6 Å². The average molecular weight is 364 g/mol. The smallest absolute Gasteiger partial charge is 0.289 e. The highest BCUT2D eigenvalue weighted by molar-refractivity contribution is 5.97. The van der Waals surface area contributed by atoms with Crippen LogP contribution in [-0.2, 0) is 4.74 Å². The summed E-state index contributed by atoms with van der Waals surface area (Å²) in [6.07, 6.45) is 0.752. The van der Waals surface area contributed by atoms with Crippen molar-refractivity contribution in [3.8, 4) is 0 Å². The van der Waals surface area contributed by atoms with Gasteiger partial charge in [-0.15, -0.1) is 0 Å². The topological polar surface area (TPSA) is 76.1 Å². The van der Waals surface area contributed by atoms with Crippen LogP contribution in [0, 0.1) is 6.92 Å². The summed E-state index contributed by atoms with van der Waals surface area (Å²) in [7, 11) is 0. The van der Waals surface area contributed by atoms with E-state index in [0.717, 1.165) is 28.6 Å². The van der Waals surface area contributed by atoms with Gasteiger partial charge in [0.25, 0.3) is 5.91 Å². The first-order valence-electron chi connectivity index (χ1n) is 9.14. The highest BCUT2D eigenvalue weighted by Gasteiger charge is 2.14. The van der Waals surface area contributed by atoms with Gasteiger partial charge in [0.1, 0.15) is 5.82 Å². The van der Waals surface area contributed by atoms with Gasteiger partial charge in [-0.05, 0) is 50.1 Å². The van der Waals surface area contributed by atoms with Gasteiger partial charge in [0.15, 0.2) is 0 Å². The average Bonchev–Trinajstić information content (AvgIpc) is 2.67. The maximum atomic E-state index is 12.5. The number of para-hydroxylation sites is 1. The second-order valence-electron chi connectivity index (χ2n) is 6.21. The number of hydrogen-bond acceptors (Lipinski definition) is 5. The van der Waals surface area contributed by atoms with E-state index in [-0.39, 0.29) is 11.7 Å². The summed E-state index contributed by atoms with van der Waals surface area (Å²) in [5, 5.41) is 7.03. The number of aromatic nitrogens is 2. The number of carbonyl (C=O) groups is 1. The molecule has 0 aliphatic heterocycles. The van der Waals surface area contributed by atoms with E-state index < -0.39 is 0 Å². The van der Waals surface area contributed by atoms with Crippen molar-refractivity contribution in [2.45, 2.75) is 20.3 Å². The van der Waals surface area contributed by atoms with Gasteiger partial charge in [0, 0.05) is 30.8 Å². The fraction of sp³-hybridized carbons (Fsp3) is 0.286. The lowest BCUT2D eigenvalue weighted by molar-refractivity contribution is 0.0934. The fourth-order valence-electron chi connectivity index (χ4n) is 2.73. The van der Waals surface area contributed by atoms with E-state index in [1.54, 1.807) is 0 Å². The van der Waals surface area contributed by atoms with Crippen LogP contribution in [0.15, 0.2) is 48.5 Å². The molecule has 6 heteroatoms. The second-order valence-corrected chi connectivity index (χ2v) is 6.21. The molecule has 1 amide bonds. The van der Waals surface area contributed by atoms with E-state index in [9.17, 15) is 4.79 Å². The zero-order valence-corrected chi connectivity index (χ0v) is 15.7. The first kappa shape index (κ1) is 18.8. The second kappa shape index (κ2) is 9.09. The Morgan fingerprint density at radius 2 is 1.96 bits per heavy atom. The molecule has 0 saturated carbocycles. The molecule has 6 nitrogen and oxygen atoms in total. The number of carbonyl (C=O) groups excluding carboxylic acids is 1. The van der Waals surface area contributed by atoms with Crippen molar-refractivity contribution in [3.63, 3.8) is 0 Å². The van der Waals surface area contributed by atoms with Crippen LogP contribution in [0.1, 0.15) is 29.5 Å². The van der Waals surface area contributed by atoms with Crippen LogP contribution in [0.2, 0.25) is 0 Å². The molecule has 0 aliphatic rings. The number of anilines is 2. The summed E-state index contributed by atoms with van der Waals surface area (Å²) in [5.74, 6) is 0.482. The SMILES string of the molecule is CCOCCCNC(=O)c1nc(Nc2cccc(C)c2)c2ccccc2n1. The number of nitrogens with one attached hydrogen (secondary N) is 2. The number of fused-ring (bicyclic) bond motifs is 1. The van der Waals surface area contributed by atoms with Gasteiger partial charge >= 0.3 is 0 Å². The highest BCUT2D eigenvalue weighted by Crippen LogP contribution is 2.24. The largest absolute Gasteiger partial charge is 0.382 e. The van der Waals surface area contributed by atoms with Crippen molar-refractivity contribution in [2.24, 2.45) is 0 Å². The number of benzene rings is 2. The molecule has 0 fully saturated rings. The normalized spacial score (nSPS) is 10.7. The zero-order chi connectivity index (χ0) is 19.1. The van der Waals surface area contributed by atoms with Crippen LogP contribution in [0.4, 0.5) is 11.5 Å². The van der Waals surface area contributed by atoms with Crippen molar-refractivity contribution in [2.75, 3.05) is 25.1 Å². The molecule has 0 atom stereocenters. The van der Waals surface area contributed by atoms with Gasteiger partial charge in [-0.3, -0.25) is 4.79 Å². The lowest BCUT2D eigenvalue weighted by atomic mass is 10.2. The van der Waals surface area contributed by atoms with Crippen molar-refractivity contribution in [1.29, 1.82) is 0 Å². The quantitative estimate of drug-likeness (QED) is 0.594. The molecule has 1 aromatic heterocycles. The predicted molar refractivity (Wildman–Crippen MR) is 107 cm³/mol. The first-order chi connectivity index (χ1) is 13.2. The Morgan fingerprint density at radius 3 is 2.78 bits per heavy atom. The lowest BCUT2D eigenvalue weighted by Crippen LogP contribution is -2.27. The minimum Gasteiger partial charge on any atom is -0.382 e. The molecule has 27 heavy (non-hydrogen) atoms. The third-order valence-corrected chi connectivity index (χ3v) is 4.04. The molecular weight excluding hydrogens is 340 g/mol. The van der Waals surface area contributed by atoms with E-state index in [1.165, 1.54) is 0 Å². The number of nitrogens with zero attached hydrogens (tertiary/aromatic N) is 2. The van der Waals surface area contributed by atoms with E-state index >= 15 is 0 Å². The van der Waals surface area contributed by atoms with Crippen LogP contribution < -0.4 is 10.6 Å². The Balaban J connectivity index is 1.83. The highest BCUT2D eigenvalue weighted by atomic mass is 16.5. The summed E-state index contributed by atoms with van der Waals surface area (Å²) in [5.41, 5.74) is 2.79. The van der Waals surface area contributed by atoms with E-state index in [1.807, 2.05) is 62.4 Å². The van der Waals surface area contributed by atoms with Crippen LogP contribution in [0.5, 0.6) is 0 Å². The van der Waals surface area contributed by atoms with Gasteiger partial charge in [0.05, 0.1) is 5.52 Å². The monoisotopic (exact) mass is 364 g/mol. The molecule has 140 valence electrons. The van der Waals surface area contributed by atoms with Crippen molar-refractivity contribution < 1.29 is 9.53 Å². The van der Waals surface area contributed by atoms with Gasteiger partial charge in [-0.25, -0.2) is 9.97 Å². The molecule has 2 N–H and O–H groups in total. The van der Waals surface area contributed by atoms with Crippen LogP contribution >= 0.6 is 0 Å². The fourth-order valence-corrected chi connectivity index (χ4v) is 2.73. The number of ether oxygens (including phenoxy) is 1. The van der Waals surface area contributed by atoms with Gasteiger partial charge in [-0.2, -0.15) is 0 Å². The Labute approximate surface area is 159 Å². The summed E-state index contributed by atoms with van der Waals surface area (Å²) < 4.78 is 5.28. The molecule has 0 bridgehead atoms. The standard InChI is InChI=1S/C21H24N4O2/c1-3-27-13-7-12-22-21(26)20-24-18-11-5-4-10-17(18)19(25-20)23-16-9-6-8-15(2)14-16/h4-6,8-11,14H,3,7,12-13H2,1-2H3,(H,22,26)(H,23,24,25). The first-order valence-corrected chi connectivity index (χ1v) is 9.14. The number of rotatable bonds is 8. The molecule has 2 aromatic carbocycles. The molecule has 3 rings (SSSR count). The summed E-state index contributed by atoms with van der Waals surface area (Å²) in [6, 6.07) is 15.7. The van der Waals surface area contributed by atoms with E-state index in [2.05, 4.69) is 20.6 Å². The summed E-state index contributed by atoms with van der Waals surface area (Å²) in [6.45, 7) is 5.80. The summed E-state index contributed by atoms with van der Waals surface area (Å²) in [4.78, 5) is 21.4. The van der Waals surface area contributed by atoms with Crippen LogP contribution in [0.3, 0.4) is 0 Å². The zero-order valence-electron chi connectivity index (χ0n) is 15.7. The maximum Gasteiger partial charge on any atom is 0.289 e. The molecule has 0 aliphatic carbocycles. The van der Waals surface area contributed by atoms with Gasteiger partial charge in [0.2, 0.25) is 5.82 Å². The Hall–Kier alpha value is -2.99. The molecule has 0 spiro atoms. The third kappa shape index (κ3) is 5.01. The van der Waals surface area contributed by atoms with Gasteiger partial charge < -0.3 is 15.4 Å². The minimum absolute atomic E-state index is 0.153. The van der Waals surface area contributed by atoms with Crippen molar-refractivity contribution >= 4 is 28.3 Å². The van der Waals surface area contributed by atoms with E-state index in [0.29, 0.717) is 25.6 Å². The molecular formula is C21H24N4O2. The van der Waals surface area contributed by atoms with Crippen LogP contribution in [0.25, 0.3) is 10.9 Å². The number of amides is 1. The third-order valence-electron chi connectivity index (χ3n) is 4.04. The minimum atomic E-state index is -0.287. The maximum absolute atomic E-state index is 12.5. The van der Waals surface area contributed by atoms with Gasteiger partial charge in [-0.1, -0.05) is 24.3 Å². The predicted octanol–water partition coefficient (Wildman–Crippen LogP) is 3.84. The Morgan fingerprint density at radius 1 is 1.11 bits per heavy atom. The molecule has 3 aromatic rings. The molecule has 1 heterocycles. The van der Waals surface area contributed by atoms with E-state index in [4.69, 9.17) is 4.74 Å². The molecule has 0 radical (unpaired) electrons. The Kier molecular flexibility index (Phi) is 6.33.